The van der Waals surface area contributed by atoms with Gasteiger partial charge in [0.2, 0.25) is 0 Å². The molecular formula is C15H19N3O2. The number of hydrogen-bond donors (Lipinski definition) is 1. The maximum absolute atomic E-state index is 9.42. The van der Waals surface area contributed by atoms with Crippen molar-refractivity contribution in [2.45, 2.75) is 39.0 Å². The van der Waals surface area contributed by atoms with E-state index >= 15 is 0 Å². The van der Waals surface area contributed by atoms with Crippen molar-refractivity contribution >= 4 is 0 Å². The first-order chi connectivity index (χ1) is 9.78. The van der Waals surface area contributed by atoms with Crippen LogP contribution in [-0.4, -0.2) is 26.7 Å². The molecule has 1 fully saturated rings. The average molecular weight is 273 g/mol. The van der Waals surface area contributed by atoms with Crippen molar-refractivity contribution in [1.82, 2.24) is 15.0 Å². The third-order valence-electron chi connectivity index (χ3n) is 3.68. The van der Waals surface area contributed by atoms with Gasteiger partial charge < -0.3 is 9.84 Å². The van der Waals surface area contributed by atoms with E-state index in [2.05, 4.69) is 41.5 Å². The number of benzene rings is 1. The molecule has 1 atom stereocenters. The lowest BCUT2D eigenvalue weighted by atomic mass is 10.1. The summed E-state index contributed by atoms with van der Waals surface area (Å²) in [7, 11) is 0. The molecule has 0 spiro atoms. The van der Waals surface area contributed by atoms with Gasteiger partial charge in [0.25, 0.3) is 0 Å². The van der Waals surface area contributed by atoms with E-state index in [0.29, 0.717) is 12.2 Å². The van der Waals surface area contributed by atoms with Crippen LogP contribution in [0.2, 0.25) is 0 Å². The number of rotatable bonds is 4. The molecule has 3 rings (SSSR count). The molecule has 1 unspecified atom stereocenters. The van der Waals surface area contributed by atoms with Gasteiger partial charge in [-0.1, -0.05) is 35.0 Å². The molecule has 0 radical (unpaired) electrons. The minimum absolute atomic E-state index is 0.0117. The highest BCUT2D eigenvalue weighted by Gasteiger charge is 2.26. The van der Waals surface area contributed by atoms with Crippen LogP contribution in [0, 0.1) is 6.92 Å². The Morgan fingerprint density at radius 3 is 2.80 bits per heavy atom. The molecule has 0 saturated carbocycles. The molecule has 1 aromatic carbocycles. The number of aliphatic hydroxyl groups is 1. The van der Waals surface area contributed by atoms with E-state index in [4.69, 9.17) is 4.74 Å². The maximum Gasteiger partial charge on any atom is 0.114 e. The van der Waals surface area contributed by atoms with E-state index < -0.39 is 0 Å². The Kier molecular flexibility index (Phi) is 3.80. The zero-order valence-corrected chi connectivity index (χ0v) is 11.6. The van der Waals surface area contributed by atoms with Crippen LogP contribution in [0.15, 0.2) is 24.3 Å². The summed E-state index contributed by atoms with van der Waals surface area (Å²) in [6, 6.07) is 8.36. The lowest BCUT2D eigenvalue weighted by molar-refractivity contribution is 0.102. The summed E-state index contributed by atoms with van der Waals surface area (Å²) in [5, 5.41) is 17.7. The summed E-state index contributed by atoms with van der Waals surface area (Å²) in [5.74, 6) is 0. The van der Waals surface area contributed by atoms with Gasteiger partial charge in [-0.2, -0.15) is 0 Å². The molecule has 0 amide bonds. The molecular weight excluding hydrogens is 254 g/mol. The van der Waals surface area contributed by atoms with Crippen molar-refractivity contribution in [3.05, 3.63) is 46.8 Å². The predicted molar refractivity (Wildman–Crippen MR) is 74.2 cm³/mol. The molecule has 0 aliphatic carbocycles. The smallest absolute Gasteiger partial charge is 0.114 e. The number of nitrogens with zero attached hydrogens (tertiary/aromatic N) is 3. The average Bonchev–Trinajstić information content (AvgIpc) is 3.10. The van der Waals surface area contributed by atoms with E-state index in [1.165, 1.54) is 11.1 Å². The quantitative estimate of drug-likeness (QED) is 0.925. The van der Waals surface area contributed by atoms with Crippen molar-refractivity contribution < 1.29 is 9.84 Å². The van der Waals surface area contributed by atoms with Crippen LogP contribution in [-0.2, 0) is 17.9 Å². The Bertz CT molecular complexity index is 571. The Labute approximate surface area is 118 Å². The standard InChI is InChI=1S/C15H19N3O2/c1-11-4-6-12(7-5-11)9-18-15(13(10-19)16-17-18)14-3-2-8-20-14/h4-7,14,19H,2-3,8-10H2,1H3. The zero-order chi connectivity index (χ0) is 13.9. The molecule has 5 nitrogen and oxygen atoms in total. The molecule has 1 aromatic heterocycles. The van der Waals surface area contributed by atoms with Crippen molar-refractivity contribution in [1.29, 1.82) is 0 Å². The van der Waals surface area contributed by atoms with Crippen LogP contribution in [0.1, 0.15) is 41.5 Å². The second-order valence-corrected chi connectivity index (χ2v) is 5.22. The van der Waals surface area contributed by atoms with Crippen molar-refractivity contribution in [3.8, 4) is 0 Å². The third kappa shape index (κ3) is 2.59. The fourth-order valence-corrected chi connectivity index (χ4v) is 2.60. The van der Waals surface area contributed by atoms with E-state index in [1.54, 1.807) is 0 Å². The van der Waals surface area contributed by atoms with Gasteiger partial charge >= 0.3 is 0 Å². The molecule has 1 saturated heterocycles. The number of aliphatic hydroxyl groups excluding tert-OH is 1. The van der Waals surface area contributed by atoms with E-state index in [0.717, 1.165) is 25.1 Å². The lowest BCUT2D eigenvalue weighted by Crippen LogP contribution is -2.11. The van der Waals surface area contributed by atoms with Crippen LogP contribution in [0.25, 0.3) is 0 Å². The Morgan fingerprint density at radius 1 is 1.35 bits per heavy atom. The Balaban J connectivity index is 1.88. The van der Waals surface area contributed by atoms with Crippen molar-refractivity contribution in [2.75, 3.05) is 6.61 Å². The number of ether oxygens (including phenoxy) is 1. The molecule has 2 aromatic rings. The minimum Gasteiger partial charge on any atom is -0.390 e. The normalized spacial score (nSPS) is 18.6. The molecule has 2 heterocycles. The highest BCUT2D eigenvalue weighted by Crippen LogP contribution is 2.30. The zero-order valence-electron chi connectivity index (χ0n) is 11.6. The predicted octanol–water partition coefficient (Wildman–Crippen LogP) is 1.98. The van der Waals surface area contributed by atoms with Gasteiger partial charge in [-0.3, -0.25) is 0 Å². The molecule has 5 heteroatoms. The van der Waals surface area contributed by atoms with Crippen LogP contribution in [0.4, 0.5) is 0 Å². The topological polar surface area (TPSA) is 60.2 Å². The largest absolute Gasteiger partial charge is 0.390 e. The van der Waals surface area contributed by atoms with Crippen molar-refractivity contribution in [2.24, 2.45) is 0 Å². The van der Waals surface area contributed by atoms with Crippen LogP contribution >= 0.6 is 0 Å². The summed E-state index contributed by atoms with van der Waals surface area (Å²) in [6.45, 7) is 3.40. The van der Waals surface area contributed by atoms with Gasteiger partial charge in [-0.05, 0) is 25.3 Å². The number of hydrogen-bond acceptors (Lipinski definition) is 4. The van der Waals surface area contributed by atoms with Gasteiger partial charge in [0, 0.05) is 6.61 Å². The summed E-state index contributed by atoms with van der Waals surface area (Å²) < 4.78 is 7.58. The second kappa shape index (κ2) is 5.73. The molecule has 1 N–H and O–H groups in total. The summed E-state index contributed by atoms with van der Waals surface area (Å²) in [4.78, 5) is 0. The highest BCUT2D eigenvalue weighted by atomic mass is 16.5. The van der Waals surface area contributed by atoms with Gasteiger partial charge in [0.1, 0.15) is 11.8 Å². The number of aryl methyl sites for hydroxylation is 1. The first kappa shape index (κ1) is 13.3. The van der Waals surface area contributed by atoms with E-state index in [-0.39, 0.29) is 12.7 Å². The first-order valence-corrected chi connectivity index (χ1v) is 6.98. The minimum atomic E-state index is -0.0942. The van der Waals surface area contributed by atoms with E-state index in [1.807, 2.05) is 4.68 Å². The summed E-state index contributed by atoms with van der Waals surface area (Å²) >= 11 is 0. The summed E-state index contributed by atoms with van der Waals surface area (Å²) in [6.07, 6.45) is 2.03. The van der Waals surface area contributed by atoms with Gasteiger partial charge in [-0.25, -0.2) is 4.68 Å². The van der Waals surface area contributed by atoms with Crippen LogP contribution in [0.3, 0.4) is 0 Å². The van der Waals surface area contributed by atoms with Gasteiger partial charge in [0.05, 0.1) is 18.8 Å². The Hall–Kier alpha value is -1.72. The van der Waals surface area contributed by atoms with Gasteiger partial charge in [0.15, 0.2) is 0 Å². The van der Waals surface area contributed by atoms with Gasteiger partial charge in [-0.15, -0.1) is 5.10 Å². The SMILES string of the molecule is Cc1ccc(Cn2nnc(CO)c2C2CCCO2)cc1. The fraction of sp³-hybridized carbons (Fsp3) is 0.467. The number of aromatic nitrogens is 3. The summed E-state index contributed by atoms with van der Waals surface area (Å²) in [5.41, 5.74) is 3.96. The third-order valence-corrected chi connectivity index (χ3v) is 3.68. The highest BCUT2D eigenvalue weighted by molar-refractivity contribution is 5.23. The fourth-order valence-electron chi connectivity index (χ4n) is 2.60. The molecule has 1 aliphatic heterocycles. The van der Waals surface area contributed by atoms with Crippen LogP contribution < -0.4 is 0 Å². The monoisotopic (exact) mass is 273 g/mol. The molecule has 0 bridgehead atoms. The molecule has 1 aliphatic rings. The van der Waals surface area contributed by atoms with Crippen LogP contribution in [0.5, 0.6) is 0 Å². The Morgan fingerprint density at radius 2 is 2.15 bits per heavy atom. The van der Waals surface area contributed by atoms with Crippen molar-refractivity contribution in [3.63, 3.8) is 0 Å². The second-order valence-electron chi connectivity index (χ2n) is 5.22. The molecule has 106 valence electrons. The van der Waals surface area contributed by atoms with E-state index in [9.17, 15) is 5.11 Å². The molecule has 20 heavy (non-hydrogen) atoms. The first-order valence-electron chi connectivity index (χ1n) is 6.98. The lowest BCUT2D eigenvalue weighted by Gasteiger charge is -2.13. The maximum atomic E-state index is 9.42.